The molecule has 0 amide bonds. The molecule has 4 heteroatoms. The second-order valence-corrected chi connectivity index (χ2v) is 5.99. The van der Waals surface area contributed by atoms with E-state index in [0.29, 0.717) is 22.9 Å². The summed E-state index contributed by atoms with van der Waals surface area (Å²) in [6, 6.07) is 4.87. The molecule has 0 saturated carbocycles. The van der Waals surface area contributed by atoms with Gasteiger partial charge in [0.05, 0.1) is 11.6 Å². The van der Waals surface area contributed by atoms with E-state index in [1.807, 2.05) is 0 Å². The average Bonchev–Trinajstić information content (AvgIpc) is 2.46. The Labute approximate surface area is 137 Å². The van der Waals surface area contributed by atoms with Crippen LogP contribution in [0.25, 0.3) is 0 Å². The van der Waals surface area contributed by atoms with Crippen LogP contribution in [-0.2, 0) is 0 Å². The van der Waals surface area contributed by atoms with Crippen LogP contribution in [0.1, 0.15) is 68.6 Å². The van der Waals surface area contributed by atoms with Gasteiger partial charge in [-0.15, -0.1) is 0 Å². The largest absolute Gasteiger partial charge is 0.492 e. The first-order valence-electron chi connectivity index (χ1n) is 7.77. The van der Waals surface area contributed by atoms with Gasteiger partial charge in [-0.3, -0.25) is 4.79 Å². The van der Waals surface area contributed by atoms with Crippen molar-refractivity contribution in [2.45, 2.75) is 58.3 Å². The zero-order chi connectivity index (χ0) is 15.5. The van der Waals surface area contributed by atoms with Crippen LogP contribution in [-0.4, -0.2) is 11.8 Å². The van der Waals surface area contributed by atoms with E-state index < -0.39 is 5.24 Å². The summed E-state index contributed by atoms with van der Waals surface area (Å²) in [5.41, 5.74) is 0.390. The Morgan fingerprint density at radius 1 is 1.05 bits per heavy atom. The minimum Gasteiger partial charge on any atom is -0.492 e. The fraction of sp³-hybridized carbons (Fsp3) is 0.588. The van der Waals surface area contributed by atoms with Crippen molar-refractivity contribution >= 4 is 28.4 Å². The molecule has 2 nitrogen and oxygen atoms in total. The lowest BCUT2D eigenvalue weighted by atomic mass is 10.1. The van der Waals surface area contributed by atoms with Gasteiger partial charge in [-0.05, 0) is 36.2 Å². The highest BCUT2D eigenvalue weighted by molar-refractivity contribution is 6.67. The van der Waals surface area contributed by atoms with Gasteiger partial charge >= 0.3 is 0 Å². The Bertz CT molecular complexity index is 433. The third-order valence-electron chi connectivity index (χ3n) is 3.41. The number of ether oxygens (including phenoxy) is 1. The molecule has 0 bridgehead atoms. The molecular weight excluding hydrogens is 307 g/mol. The molecule has 0 aliphatic rings. The SMILES string of the molecule is CCCCCCCCCCOc1ccc(C(=O)Cl)cc1Cl. The lowest BCUT2D eigenvalue weighted by molar-refractivity contribution is 0.108. The highest BCUT2D eigenvalue weighted by Crippen LogP contribution is 2.26. The molecule has 0 heterocycles. The predicted octanol–water partition coefficient (Wildman–Crippen LogP) is 6.24. The number of benzene rings is 1. The second kappa shape index (κ2) is 10.9. The van der Waals surface area contributed by atoms with Crippen molar-refractivity contribution in [3.63, 3.8) is 0 Å². The van der Waals surface area contributed by atoms with E-state index in [4.69, 9.17) is 27.9 Å². The fourth-order valence-corrected chi connectivity index (χ4v) is 2.51. The number of carbonyl (C=O) groups is 1. The third-order valence-corrected chi connectivity index (χ3v) is 3.93. The van der Waals surface area contributed by atoms with E-state index >= 15 is 0 Å². The maximum absolute atomic E-state index is 11.0. The van der Waals surface area contributed by atoms with Gasteiger partial charge in [-0.25, -0.2) is 0 Å². The van der Waals surface area contributed by atoms with Crippen molar-refractivity contribution in [2.75, 3.05) is 6.61 Å². The lowest BCUT2D eigenvalue weighted by Gasteiger charge is -2.08. The number of halogens is 2. The summed E-state index contributed by atoms with van der Waals surface area (Å²) in [7, 11) is 0. The number of unbranched alkanes of at least 4 members (excludes halogenated alkanes) is 7. The van der Waals surface area contributed by atoms with Crippen LogP contribution < -0.4 is 4.74 Å². The molecule has 118 valence electrons. The molecular formula is C17H24Cl2O2. The maximum Gasteiger partial charge on any atom is 0.252 e. The summed E-state index contributed by atoms with van der Waals surface area (Å²) in [6.45, 7) is 2.89. The second-order valence-electron chi connectivity index (χ2n) is 5.24. The summed E-state index contributed by atoms with van der Waals surface area (Å²) in [5.74, 6) is 0.612. The summed E-state index contributed by atoms with van der Waals surface area (Å²) >= 11 is 11.4. The maximum atomic E-state index is 11.0. The van der Waals surface area contributed by atoms with E-state index in [1.165, 1.54) is 44.9 Å². The van der Waals surface area contributed by atoms with Crippen LogP contribution in [0.15, 0.2) is 18.2 Å². The molecule has 0 N–H and O–H groups in total. The van der Waals surface area contributed by atoms with E-state index in [0.717, 1.165) is 6.42 Å². The summed E-state index contributed by atoms with van der Waals surface area (Å²) in [6.07, 6.45) is 10.1. The zero-order valence-electron chi connectivity index (χ0n) is 12.7. The van der Waals surface area contributed by atoms with Crippen molar-refractivity contribution in [1.82, 2.24) is 0 Å². The molecule has 0 aromatic heterocycles. The highest BCUT2D eigenvalue weighted by Gasteiger charge is 2.07. The Kier molecular flexibility index (Phi) is 9.53. The smallest absolute Gasteiger partial charge is 0.252 e. The number of rotatable bonds is 11. The topological polar surface area (TPSA) is 26.3 Å². The van der Waals surface area contributed by atoms with Crippen molar-refractivity contribution in [3.05, 3.63) is 28.8 Å². The summed E-state index contributed by atoms with van der Waals surface area (Å²) in [4.78, 5) is 11.0. The molecule has 1 aromatic carbocycles. The molecule has 0 atom stereocenters. The van der Waals surface area contributed by atoms with E-state index in [9.17, 15) is 4.79 Å². The summed E-state index contributed by atoms with van der Waals surface area (Å²) in [5, 5.41) is -0.0763. The standard InChI is InChI=1S/C17H24Cl2O2/c1-2-3-4-5-6-7-8-9-12-21-16-11-10-14(17(19)20)13-15(16)18/h10-11,13H,2-9,12H2,1H3. The number of carbonyl (C=O) groups excluding carboxylic acids is 1. The van der Waals surface area contributed by atoms with Gasteiger partial charge < -0.3 is 4.74 Å². The normalized spacial score (nSPS) is 10.6. The van der Waals surface area contributed by atoms with Crippen LogP contribution in [0.4, 0.5) is 0 Å². The van der Waals surface area contributed by atoms with Crippen LogP contribution in [0.3, 0.4) is 0 Å². The van der Waals surface area contributed by atoms with Crippen LogP contribution in [0, 0.1) is 0 Å². The Hall–Kier alpha value is -0.730. The molecule has 21 heavy (non-hydrogen) atoms. The fourth-order valence-electron chi connectivity index (χ4n) is 2.16. The lowest BCUT2D eigenvalue weighted by Crippen LogP contribution is -1.99. The van der Waals surface area contributed by atoms with Crippen molar-refractivity contribution in [2.24, 2.45) is 0 Å². The van der Waals surface area contributed by atoms with Crippen LogP contribution >= 0.6 is 23.2 Å². The molecule has 0 fully saturated rings. The van der Waals surface area contributed by atoms with E-state index in [-0.39, 0.29) is 0 Å². The molecule has 0 aliphatic heterocycles. The van der Waals surface area contributed by atoms with Gasteiger partial charge in [0.1, 0.15) is 5.75 Å². The Morgan fingerprint density at radius 3 is 2.24 bits per heavy atom. The monoisotopic (exact) mass is 330 g/mol. The zero-order valence-corrected chi connectivity index (χ0v) is 14.2. The van der Waals surface area contributed by atoms with Crippen LogP contribution in [0.2, 0.25) is 5.02 Å². The van der Waals surface area contributed by atoms with Crippen molar-refractivity contribution in [3.8, 4) is 5.75 Å². The predicted molar refractivity (Wildman–Crippen MR) is 89.7 cm³/mol. The molecule has 1 aromatic rings. The van der Waals surface area contributed by atoms with E-state index in [2.05, 4.69) is 6.92 Å². The quantitative estimate of drug-likeness (QED) is 0.354. The van der Waals surface area contributed by atoms with Gasteiger partial charge in [-0.1, -0.05) is 63.5 Å². The molecule has 0 aliphatic carbocycles. The number of hydrogen-bond donors (Lipinski definition) is 0. The average molecular weight is 331 g/mol. The third kappa shape index (κ3) is 7.73. The van der Waals surface area contributed by atoms with Gasteiger partial charge in [0, 0.05) is 5.56 Å². The first-order chi connectivity index (χ1) is 10.1. The van der Waals surface area contributed by atoms with Crippen LogP contribution in [0.5, 0.6) is 5.75 Å². The van der Waals surface area contributed by atoms with E-state index in [1.54, 1.807) is 18.2 Å². The van der Waals surface area contributed by atoms with Gasteiger partial charge in [0.2, 0.25) is 0 Å². The van der Waals surface area contributed by atoms with Gasteiger partial charge in [-0.2, -0.15) is 0 Å². The Balaban J connectivity index is 2.14. The minimum atomic E-state index is -0.508. The van der Waals surface area contributed by atoms with Gasteiger partial charge in [0.25, 0.3) is 5.24 Å². The Morgan fingerprint density at radius 2 is 1.67 bits per heavy atom. The van der Waals surface area contributed by atoms with Gasteiger partial charge in [0.15, 0.2) is 0 Å². The molecule has 0 spiro atoms. The van der Waals surface area contributed by atoms with Crippen molar-refractivity contribution in [1.29, 1.82) is 0 Å². The minimum absolute atomic E-state index is 0.390. The van der Waals surface area contributed by atoms with Crippen molar-refractivity contribution < 1.29 is 9.53 Å². The molecule has 1 rings (SSSR count). The molecule has 0 radical (unpaired) electrons. The first-order valence-corrected chi connectivity index (χ1v) is 8.53. The molecule has 0 unspecified atom stereocenters. The summed E-state index contributed by atoms with van der Waals surface area (Å²) < 4.78 is 5.63. The first kappa shape index (κ1) is 18.3. The highest BCUT2D eigenvalue weighted by atomic mass is 35.5. The number of hydrogen-bond acceptors (Lipinski definition) is 2. The molecule has 0 saturated heterocycles.